The van der Waals surface area contributed by atoms with Crippen LogP contribution in [0, 0.1) is 0 Å². The summed E-state index contributed by atoms with van der Waals surface area (Å²) in [6.45, 7) is 2.73. The highest BCUT2D eigenvalue weighted by atomic mass is 16.3. The predicted molar refractivity (Wildman–Crippen MR) is 96.7 cm³/mol. The fourth-order valence-electron chi connectivity index (χ4n) is 2.92. The fourth-order valence-corrected chi connectivity index (χ4v) is 2.92. The highest BCUT2D eigenvalue weighted by Gasteiger charge is 2.21. The number of hydrogen-bond acceptors (Lipinski definition) is 3. The number of benzene rings is 1. The maximum atomic E-state index is 12.1. The van der Waals surface area contributed by atoms with Gasteiger partial charge in [0.05, 0.1) is 6.26 Å². The van der Waals surface area contributed by atoms with Gasteiger partial charge in [-0.25, -0.2) is 4.79 Å². The molecule has 6 nitrogen and oxygen atoms in total. The van der Waals surface area contributed by atoms with E-state index in [0.717, 1.165) is 37.3 Å². The van der Waals surface area contributed by atoms with Crippen LogP contribution in [0.3, 0.4) is 0 Å². The molecule has 1 saturated heterocycles. The van der Waals surface area contributed by atoms with Gasteiger partial charge in [-0.15, -0.1) is 0 Å². The number of nitrogens with zero attached hydrogens (tertiary/aromatic N) is 1. The molecule has 132 valence electrons. The van der Waals surface area contributed by atoms with Crippen molar-refractivity contribution in [2.75, 3.05) is 16.8 Å². The average molecular weight is 341 g/mol. The molecular formula is C19H23N3O3. The van der Waals surface area contributed by atoms with Crippen LogP contribution in [0.4, 0.5) is 16.2 Å². The zero-order valence-corrected chi connectivity index (χ0v) is 14.3. The van der Waals surface area contributed by atoms with Gasteiger partial charge in [-0.2, -0.15) is 0 Å². The fraction of sp³-hybridized carbons (Fsp3) is 0.368. The van der Waals surface area contributed by atoms with Gasteiger partial charge in [0.1, 0.15) is 5.76 Å². The number of amides is 3. The Bertz CT molecular complexity index is 710. The number of hydrogen-bond donors (Lipinski definition) is 2. The summed E-state index contributed by atoms with van der Waals surface area (Å²) in [5, 5.41) is 5.73. The summed E-state index contributed by atoms with van der Waals surface area (Å²) in [6.07, 6.45) is 4.75. The van der Waals surface area contributed by atoms with Gasteiger partial charge in [0.15, 0.2) is 0 Å². The van der Waals surface area contributed by atoms with Crippen LogP contribution in [0.1, 0.15) is 31.9 Å². The molecule has 1 fully saturated rings. The van der Waals surface area contributed by atoms with Crippen LogP contribution in [0.5, 0.6) is 0 Å². The third-order valence-electron chi connectivity index (χ3n) is 4.29. The van der Waals surface area contributed by atoms with Crippen molar-refractivity contribution in [1.82, 2.24) is 5.32 Å². The van der Waals surface area contributed by atoms with Gasteiger partial charge in [0.25, 0.3) is 0 Å². The van der Waals surface area contributed by atoms with Crippen LogP contribution < -0.4 is 15.5 Å². The second-order valence-corrected chi connectivity index (χ2v) is 6.31. The van der Waals surface area contributed by atoms with Crippen molar-refractivity contribution in [1.29, 1.82) is 0 Å². The van der Waals surface area contributed by atoms with E-state index in [9.17, 15) is 9.59 Å². The maximum Gasteiger partial charge on any atom is 0.319 e. The summed E-state index contributed by atoms with van der Waals surface area (Å²) < 4.78 is 5.29. The van der Waals surface area contributed by atoms with Gasteiger partial charge in [-0.1, -0.05) is 0 Å². The molecule has 2 N–H and O–H groups in total. The third kappa shape index (κ3) is 4.62. The van der Waals surface area contributed by atoms with Gasteiger partial charge in [-0.3, -0.25) is 4.79 Å². The molecule has 2 aromatic rings. The Morgan fingerprint density at radius 3 is 2.72 bits per heavy atom. The maximum absolute atomic E-state index is 12.1. The summed E-state index contributed by atoms with van der Waals surface area (Å²) in [4.78, 5) is 25.6. The van der Waals surface area contributed by atoms with Crippen molar-refractivity contribution in [3.63, 3.8) is 0 Å². The van der Waals surface area contributed by atoms with Crippen molar-refractivity contribution in [2.45, 2.75) is 38.6 Å². The Balaban J connectivity index is 1.46. The van der Waals surface area contributed by atoms with E-state index in [-0.39, 0.29) is 18.0 Å². The van der Waals surface area contributed by atoms with Gasteiger partial charge in [0, 0.05) is 36.8 Å². The number of urea groups is 1. The Morgan fingerprint density at radius 2 is 2.08 bits per heavy atom. The second-order valence-electron chi connectivity index (χ2n) is 6.31. The van der Waals surface area contributed by atoms with E-state index < -0.39 is 0 Å². The lowest BCUT2D eigenvalue weighted by atomic mass is 10.1. The predicted octanol–water partition coefficient (Wildman–Crippen LogP) is 3.55. The van der Waals surface area contributed by atoms with E-state index in [0.29, 0.717) is 12.1 Å². The highest BCUT2D eigenvalue weighted by Crippen LogP contribution is 2.23. The molecule has 6 heteroatoms. The average Bonchev–Trinajstić information content (AvgIpc) is 3.25. The van der Waals surface area contributed by atoms with Gasteiger partial charge >= 0.3 is 6.03 Å². The molecule has 0 radical (unpaired) electrons. The minimum absolute atomic E-state index is 0.0339. The quantitative estimate of drug-likeness (QED) is 0.844. The second kappa shape index (κ2) is 7.88. The number of furan rings is 1. The lowest BCUT2D eigenvalue weighted by Crippen LogP contribution is -2.36. The van der Waals surface area contributed by atoms with Crippen LogP contribution >= 0.6 is 0 Å². The Hall–Kier alpha value is -2.76. The molecule has 1 unspecified atom stereocenters. The largest absolute Gasteiger partial charge is 0.469 e. The minimum atomic E-state index is -0.239. The zero-order valence-electron chi connectivity index (χ0n) is 14.3. The highest BCUT2D eigenvalue weighted by molar-refractivity contribution is 5.96. The Kier molecular flexibility index (Phi) is 5.38. The molecule has 25 heavy (non-hydrogen) atoms. The monoisotopic (exact) mass is 341 g/mol. The van der Waals surface area contributed by atoms with Crippen molar-refractivity contribution in [3.05, 3.63) is 48.4 Å². The van der Waals surface area contributed by atoms with E-state index in [1.807, 2.05) is 43.3 Å². The topological polar surface area (TPSA) is 74.6 Å². The van der Waals surface area contributed by atoms with Crippen LogP contribution in [0.2, 0.25) is 0 Å². The lowest BCUT2D eigenvalue weighted by Gasteiger charge is -2.17. The van der Waals surface area contributed by atoms with Crippen LogP contribution in [0.25, 0.3) is 0 Å². The third-order valence-corrected chi connectivity index (χ3v) is 4.29. The Labute approximate surface area is 147 Å². The standard InChI is InChI=1S/C19H23N3O3/c1-14(6-11-17-4-3-13-25-17)20-19(24)21-15-7-9-16(10-8-15)22-12-2-5-18(22)23/h3-4,7-10,13-14H,2,5-6,11-12H2,1H3,(H2,20,21,24). The molecule has 3 amide bonds. The zero-order chi connectivity index (χ0) is 17.6. The van der Waals surface area contributed by atoms with Crippen molar-refractivity contribution >= 4 is 23.3 Å². The molecule has 1 atom stereocenters. The van der Waals surface area contributed by atoms with Crippen molar-refractivity contribution < 1.29 is 14.0 Å². The van der Waals surface area contributed by atoms with Gasteiger partial charge in [0.2, 0.25) is 5.91 Å². The van der Waals surface area contributed by atoms with Gasteiger partial charge in [-0.05, 0) is 56.2 Å². The molecule has 0 spiro atoms. The number of carbonyl (C=O) groups excluding carboxylic acids is 2. The molecule has 1 aromatic heterocycles. The van der Waals surface area contributed by atoms with Gasteiger partial charge < -0.3 is 20.0 Å². The first-order valence-electron chi connectivity index (χ1n) is 8.62. The summed E-state index contributed by atoms with van der Waals surface area (Å²) in [6, 6.07) is 10.9. The molecule has 1 aromatic carbocycles. The molecule has 1 aliphatic heterocycles. The molecule has 0 saturated carbocycles. The SMILES string of the molecule is CC(CCc1ccco1)NC(=O)Nc1ccc(N2CCCC2=O)cc1. The summed E-state index contributed by atoms with van der Waals surface area (Å²) in [5.41, 5.74) is 1.58. The normalized spacial score (nSPS) is 15.2. The smallest absolute Gasteiger partial charge is 0.319 e. The summed E-state index contributed by atoms with van der Waals surface area (Å²) in [7, 11) is 0. The first-order chi connectivity index (χ1) is 12.1. The summed E-state index contributed by atoms with van der Waals surface area (Å²) >= 11 is 0. The number of nitrogens with one attached hydrogen (secondary N) is 2. The van der Waals surface area contributed by atoms with Crippen molar-refractivity contribution in [2.24, 2.45) is 0 Å². The number of carbonyl (C=O) groups is 2. The van der Waals surface area contributed by atoms with Crippen molar-refractivity contribution in [3.8, 4) is 0 Å². The molecule has 0 bridgehead atoms. The van der Waals surface area contributed by atoms with Crippen LogP contribution in [0.15, 0.2) is 47.1 Å². The number of anilines is 2. The van der Waals surface area contributed by atoms with Crippen LogP contribution in [-0.4, -0.2) is 24.5 Å². The van der Waals surface area contributed by atoms with E-state index in [4.69, 9.17) is 4.42 Å². The molecular weight excluding hydrogens is 318 g/mol. The Morgan fingerprint density at radius 1 is 1.28 bits per heavy atom. The molecule has 2 heterocycles. The van der Waals surface area contributed by atoms with E-state index in [1.165, 1.54) is 0 Å². The van der Waals surface area contributed by atoms with E-state index >= 15 is 0 Å². The first kappa shape index (κ1) is 17.1. The molecule has 1 aliphatic rings. The number of rotatable bonds is 6. The minimum Gasteiger partial charge on any atom is -0.469 e. The van der Waals surface area contributed by atoms with Crippen LogP contribution in [-0.2, 0) is 11.2 Å². The van der Waals surface area contributed by atoms with E-state index in [2.05, 4.69) is 10.6 Å². The van der Waals surface area contributed by atoms with E-state index in [1.54, 1.807) is 11.2 Å². The lowest BCUT2D eigenvalue weighted by molar-refractivity contribution is -0.117. The first-order valence-corrected chi connectivity index (χ1v) is 8.62. The molecule has 0 aliphatic carbocycles. The molecule has 3 rings (SSSR count). The summed E-state index contributed by atoms with van der Waals surface area (Å²) in [5.74, 6) is 1.07. The number of aryl methyl sites for hydroxylation is 1.